The second-order valence-corrected chi connectivity index (χ2v) is 8.02. The third-order valence-corrected chi connectivity index (χ3v) is 5.82. The van der Waals surface area contributed by atoms with Crippen molar-refractivity contribution in [2.24, 2.45) is 5.92 Å². The monoisotopic (exact) mass is 397 g/mol. The molecule has 4 heterocycles. The fourth-order valence-electron chi connectivity index (χ4n) is 3.56. The highest BCUT2D eigenvalue weighted by molar-refractivity contribution is 7.13. The first-order chi connectivity index (χ1) is 13.7. The highest BCUT2D eigenvalue weighted by Gasteiger charge is 2.27. The Kier molecular flexibility index (Phi) is 5.50. The molecule has 0 saturated carbocycles. The van der Waals surface area contributed by atoms with E-state index in [1.165, 1.54) is 0 Å². The van der Waals surface area contributed by atoms with E-state index in [4.69, 9.17) is 4.74 Å². The van der Waals surface area contributed by atoms with Crippen molar-refractivity contribution in [1.82, 2.24) is 24.6 Å². The van der Waals surface area contributed by atoms with E-state index < -0.39 is 0 Å². The van der Waals surface area contributed by atoms with Gasteiger partial charge < -0.3 is 9.64 Å². The number of piperidine rings is 1. The number of methoxy groups -OCH3 is 1. The molecule has 0 spiro atoms. The summed E-state index contributed by atoms with van der Waals surface area (Å²) in [5, 5.41) is 6.44. The number of thiophene rings is 1. The number of hydrogen-bond donors (Lipinski definition) is 0. The summed E-state index contributed by atoms with van der Waals surface area (Å²) >= 11 is 1.62. The topological polar surface area (TPSA) is 73.1 Å². The van der Waals surface area contributed by atoms with Crippen LogP contribution in [-0.2, 0) is 11.3 Å². The van der Waals surface area contributed by atoms with E-state index in [9.17, 15) is 4.79 Å². The zero-order chi connectivity index (χ0) is 19.5. The van der Waals surface area contributed by atoms with Crippen LogP contribution in [0.15, 0.2) is 36.0 Å². The highest BCUT2D eigenvalue weighted by atomic mass is 32.1. The van der Waals surface area contributed by atoms with Gasteiger partial charge in [0.2, 0.25) is 0 Å². The number of carbonyl (C=O) groups excluding carboxylic acids is 1. The minimum atomic E-state index is -0.000684. The van der Waals surface area contributed by atoms with Gasteiger partial charge in [-0.2, -0.15) is 9.78 Å². The largest absolute Gasteiger partial charge is 0.378 e. The van der Waals surface area contributed by atoms with Crippen LogP contribution in [0.4, 0.5) is 0 Å². The van der Waals surface area contributed by atoms with Gasteiger partial charge in [0, 0.05) is 26.4 Å². The Morgan fingerprint density at radius 1 is 1.39 bits per heavy atom. The van der Waals surface area contributed by atoms with E-state index in [2.05, 4.69) is 22.0 Å². The lowest BCUT2D eigenvalue weighted by Crippen LogP contribution is -2.39. The Balaban J connectivity index is 1.69. The van der Waals surface area contributed by atoms with Gasteiger partial charge in [-0.25, -0.2) is 9.97 Å². The van der Waals surface area contributed by atoms with Crippen LogP contribution in [0.3, 0.4) is 0 Å². The molecule has 0 unspecified atom stereocenters. The zero-order valence-corrected chi connectivity index (χ0v) is 16.9. The van der Waals surface area contributed by atoms with Crippen LogP contribution in [0.2, 0.25) is 0 Å². The Morgan fingerprint density at radius 2 is 2.29 bits per heavy atom. The van der Waals surface area contributed by atoms with Crippen molar-refractivity contribution in [2.75, 3.05) is 20.2 Å². The smallest absolute Gasteiger partial charge is 0.257 e. The van der Waals surface area contributed by atoms with Crippen LogP contribution in [-0.4, -0.2) is 50.8 Å². The maximum Gasteiger partial charge on any atom is 0.257 e. The second-order valence-electron chi connectivity index (χ2n) is 7.07. The molecule has 8 heteroatoms. The molecule has 28 heavy (non-hydrogen) atoms. The lowest BCUT2D eigenvalue weighted by atomic mass is 9.99. The molecule has 1 atom stereocenters. The molecule has 0 radical (unpaired) electrons. The van der Waals surface area contributed by atoms with E-state index in [1.54, 1.807) is 35.5 Å². The molecule has 0 aliphatic carbocycles. The number of rotatable bonds is 5. The minimum Gasteiger partial charge on any atom is -0.378 e. The molecular weight excluding hydrogens is 374 g/mol. The highest BCUT2D eigenvalue weighted by Crippen LogP contribution is 2.24. The molecule has 0 aromatic carbocycles. The van der Waals surface area contributed by atoms with E-state index >= 15 is 0 Å². The van der Waals surface area contributed by atoms with Gasteiger partial charge in [-0.1, -0.05) is 13.0 Å². The number of hydrogen-bond acceptors (Lipinski definition) is 6. The predicted octanol–water partition coefficient (Wildman–Crippen LogP) is 3.41. The van der Waals surface area contributed by atoms with Crippen molar-refractivity contribution >= 4 is 17.2 Å². The van der Waals surface area contributed by atoms with Crippen molar-refractivity contribution in [3.63, 3.8) is 0 Å². The lowest BCUT2D eigenvalue weighted by molar-refractivity contribution is 0.0678. The summed E-state index contributed by atoms with van der Waals surface area (Å²) < 4.78 is 6.98. The van der Waals surface area contributed by atoms with Crippen LogP contribution in [0.25, 0.3) is 16.5 Å². The van der Waals surface area contributed by atoms with Gasteiger partial charge in [0.25, 0.3) is 11.9 Å². The Morgan fingerprint density at radius 3 is 3.04 bits per heavy atom. The number of carbonyl (C=O) groups is 1. The van der Waals surface area contributed by atoms with E-state index in [1.807, 2.05) is 28.5 Å². The molecule has 1 aliphatic heterocycles. The van der Waals surface area contributed by atoms with Gasteiger partial charge in [-0.3, -0.25) is 4.79 Å². The van der Waals surface area contributed by atoms with Crippen molar-refractivity contribution in [1.29, 1.82) is 0 Å². The lowest BCUT2D eigenvalue weighted by Gasteiger charge is -2.30. The maximum atomic E-state index is 13.1. The fraction of sp³-hybridized carbons (Fsp3) is 0.400. The van der Waals surface area contributed by atoms with Crippen molar-refractivity contribution in [3.05, 3.63) is 47.2 Å². The van der Waals surface area contributed by atoms with E-state index in [0.29, 0.717) is 23.1 Å². The summed E-state index contributed by atoms with van der Waals surface area (Å²) in [6, 6.07) is 5.88. The molecule has 3 aromatic heterocycles. The molecule has 4 rings (SSSR count). The summed E-state index contributed by atoms with van der Waals surface area (Å²) in [7, 11) is 1.61. The van der Waals surface area contributed by atoms with Gasteiger partial charge in [-0.15, -0.1) is 11.3 Å². The Hall–Kier alpha value is -2.58. The number of nitrogens with zero attached hydrogens (tertiary/aromatic N) is 5. The molecule has 0 N–H and O–H groups in total. The minimum absolute atomic E-state index is 0.000684. The summed E-state index contributed by atoms with van der Waals surface area (Å²) in [4.78, 5) is 25.1. The van der Waals surface area contributed by atoms with E-state index in [-0.39, 0.29) is 12.5 Å². The molecule has 1 fully saturated rings. The number of amides is 1. The zero-order valence-electron chi connectivity index (χ0n) is 16.0. The number of aromatic nitrogens is 4. The average Bonchev–Trinajstić information content (AvgIpc) is 3.38. The molecule has 146 valence electrons. The molecule has 1 amide bonds. The standard InChI is InChI=1S/C20H23N5O2S/c1-14-5-3-9-24(12-14)19(26)15-11-22-25(17(15)13-27-2)20-21-8-7-16(23-20)18-6-4-10-28-18/h4,6-8,10-11,14H,3,5,9,12-13H2,1-2H3/t14-/m1/s1. The van der Waals surface area contributed by atoms with Crippen LogP contribution in [0, 0.1) is 5.92 Å². The van der Waals surface area contributed by atoms with Crippen LogP contribution in [0.5, 0.6) is 0 Å². The molecule has 0 bridgehead atoms. The second kappa shape index (κ2) is 8.20. The predicted molar refractivity (Wildman–Crippen MR) is 107 cm³/mol. The summed E-state index contributed by atoms with van der Waals surface area (Å²) in [6.07, 6.45) is 5.52. The van der Waals surface area contributed by atoms with Crippen molar-refractivity contribution in [3.8, 4) is 16.5 Å². The third-order valence-electron chi connectivity index (χ3n) is 4.93. The fourth-order valence-corrected chi connectivity index (χ4v) is 4.25. The molecule has 7 nitrogen and oxygen atoms in total. The first-order valence-corrected chi connectivity index (χ1v) is 10.3. The molecule has 1 saturated heterocycles. The summed E-state index contributed by atoms with van der Waals surface area (Å²) in [5.74, 6) is 0.952. The van der Waals surface area contributed by atoms with Gasteiger partial charge in [0.05, 0.1) is 34.6 Å². The Labute approximate surface area is 168 Å². The SMILES string of the molecule is COCc1c(C(=O)N2CCC[C@@H](C)C2)cnn1-c1nccc(-c2cccs2)n1. The number of likely N-dealkylation sites (tertiary alicyclic amines) is 1. The van der Waals surface area contributed by atoms with Gasteiger partial charge in [-0.05, 0) is 36.3 Å². The maximum absolute atomic E-state index is 13.1. The van der Waals surface area contributed by atoms with Crippen LogP contribution in [0.1, 0.15) is 35.8 Å². The summed E-state index contributed by atoms with van der Waals surface area (Å²) in [6.45, 7) is 4.01. The van der Waals surface area contributed by atoms with Gasteiger partial charge >= 0.3 is 0 Å². The van der Waals surface area contributed by atoms with Crippen molar-refractivity contribution < 1.29 is 9.53 Å². The quantitative estimate of drug-likeness (QED) is 0.660. The molecule has 3 aromatic rings. The van der Waals surface area contributed by atoms with Crippen molar-refractivity contribution in [2.45, 2.75) is 26.4 Å². The molecule has 1 aliphatic rings. The van der Waals surface area contributed by atoms with Crippen LogP contribution >= 0.6 is 11.3 Å². The normalized spacial score (nSPS) is 17.1. The first-order valence-electron chi connectivity index (χ1n) is 9.39. The van der Waals surface area contributed by atoms with Gasteiger partial charge in [0.15, 0.2) is 0 Å². The Bertz CT molecular complexity index is 953. The van der Waals surface area contributed by atoms with Crippen LogP contribution < -0.4 is 0 Å². The summed E-state index contributed by atoms with van der Waals surface area (Å²) in [5.41, 5.74) is 2.06. The number of ether oxygens (including phenoxy) is 1. The van der Waals surface area contributed by atoms with Gasteiger partial charge in [0.1, 0.15) is 0 Å². The third kappa shape index (κ3) is 3.70. The molecular formula is C20H23N5O2S. The average molecular weight is 398 g/mol. The van der Waals surface area contributed by atoms with E-state index in [0.717, 1.165) is 36.5 Å². The first kappa shape index (κ1) is 18.8.